The van der Waals surface area contributed by atoms with Crippen LogP contribution in [0.5, 0.6) is 0 Å². The van der Waals surface area contributed by atoms with Crippen molar-refractivity contribution in [2.24, 2.45) is 13.0 Å². The number of carboxylic acid groups (broad SMARTS) is 1. The van der Waals surface area contributed by atoms with Crippen molar-refractivity contribution in [3.8, 4) is 11.8 Å². The maximum atomic E-state index is 14.0. The molecule has 2 aromatic heterocycles. The van der Waals surface area contributed by atoms with E-state index in [0.29, 0.717) is 32.5 Å². The summed E-state index contributed by atoms with van der Waals surface area (Å²) in [5, 5.41) is 10.5. The van der Waals surface area contributed by atoms with Gasteiger partial charge in [-0.05, 0) is 73.0 Å². The van der Waals surface area contributed by atoms with Crippen LogP contribution in [0.15, 0.2) is 58.9 Å². The largest absolute Gasteiger partial charge is 0.481 e. The van der Waals surface area contributed by atoms with Gasteiger partial charge in [0.1, 0.15) is 15.8 Å². The molecule has 0 bridgehead atoms. The smallest absolute Gasteiger partial charge is 0.307 e. The monoisotopic (exact) mass is 513 g/mol. The van der Waals surface area contributed by atoms with Crippen LogP contribution < -0.4 is 0 Å². The van der Waals surface area contributed by atoms with Crippen LogP contribution in [-0.4, -0.2) is 29.8 Å². The van der Waals surface area contributed by atoms with E-state index in [1.165, 1.54) is 36.4 Å². The molecule has 0 fully saturated rings. The number of sulfone groups is 1. The molecule has 9 heteroatoms. The van der Waals surface area contributed by atoms with E-state index in [0.717, 1.165) is 11.3 Å². The van der Waals surface area contributed by atoms with E-state index in [9.17, 15) is 27.1 Å². The highest BCUT2D eigenvalue weighted by atomic mass is 32.2. The minimum Gasteiger partial charge on any atom is -0.481 e. The zero-order chi connectivity index (χ0) is 25.3. The van der Waals surface area contributed by atoms with Gasteiger partial charge < -0.3 is 9.67 Å². The number of aryl methyl sites for hydroxylation is 2. The van der Waals surface area contributed by atoms with Gasteiger partial charge in [-0.2, -0.15) is 0 Å². The molecular weight excluding hydrogens is 492 g/mol. The predicted octanol–water partition coefficient (Wildman–Crippen LogP) is 4.94. The second-order valence-corrected chi connectivity index (χ2v) is 11.6. The topological polar surface area (TPSA) is 76.4 Å². The van der Waals surface area contributed by atoms with Gasteiger partial charge in [-0.3, -0.25) is 4.79 Å². The fourth-order valence-electron chi connectivity index (χ4n) is 3.81. The molecule has 1 N–H and O–H groups in total. The predicted molar refractivity (Wildman–Crippen MR) is 131 cm³/mol. The molecule has 1 atom stereocenters. The average Bonchev–Trinajstić information content (AvgIpc) is 3.39. The van der Waals surface area contributed by atoms with E-state index in [1.807, 2.05) is 0 Å². The number of fused-ring (bicyclic) bond motifs is 1. The quantitative estimate of drug-likeness (QED) is 0.371. The Kier molecular flexibility index (Phi) is 6.79. The van der Waals surface area contributed by atoms with Crippen molar-refractivity contribution in [1.82, 2.24) is 4.57 Å². The Bertz CT molecular complexity index is 1590. The van der Waals surface area contributed by atoms with Crippen LogP contribution in [0.3, 0.4) is 0 Å². The first-order chi connectivity index (χ1) is 16.5. The van der Waals surface area contributed by atoms with E-state index in [1.54, 1.807) is 36.9 Å². The lowest BCUT2D eigenvalue weighted by molar-refractivity contribution is -0.140. The highest BCUT2D eigenvalue weighted by molar-refractivity contribution is 7.93. The fourth-order valence-corrected chi connectivity index (χ4v) is 6.61. The van der Waals surface area contributed by atoms with E-state index in [-0.39, 0.29) is 22.3 Å². The summed E-state index contributed by atoms with van der Waals surface area (Å²) >= 11 is 0.958. The van der Waals surface area contributed by atoms with Gasteiger partial charge in [0, 0.05) is 24.2 Å². The molecule has 0 unspecified atom stereocenters. The molecule has 2 aromatic carbocycles. The maximum Gasteiger partial charge on any atom is 0.307 e. The number of aromatic nitrogens is 1. The number of carbonyl (C=O) groups is 1. The zero-order valence-corrected chi connectivity index (χ0v) is 20.5. The molecule has 0 aliphatic rings. The molecule has 0 saturated carbocycles. The molecule has 35 heavy (non-hydrogen) atoms. The van der Waals surface area contributed by atoms with Gasteiger partial charge in [-0.25, -0.2) is 17.2 Å². The van der Waals surface area contributed by atoms with E-state index in [2.05, 4.69) is 11.8 Å². The van der Waals surface area contributed by atoms with E-state index < -0.39 is 27.5 Å². The Morgan fingerprint density at radius 2 is 1.83 bits per heavy atom. The summed E-state index contributed by atoms with van der Waals surface area (Å²) in [6.45, 7) is 1.62. The van der Waals surface area contributed by atoms with Crippen molar-refractivity contribution in [2.75, 3.05) is 5.75 Å². The van der Waals surface area contributed by atoms with Crippen LogP contribution in [-0.2, 0) is 28.1 Å². The van der Waals surface area contributed by atoms with Gasteiger partial charge in [0.15, 0.2) is 9.84 Å². The third kappa shape index (κ3) is 5.45. The Balaban J connectivity index is 1.56. The third-order valence-electron chi connectivity index (χ3n) is 5.65. The van der Waals surface area contributed by atoms with Gasteiger partial charge in [-0.15, -0.1) is 11.3 Å². The molecule has 4 aromatic rings. The summed E-state index contributed by atoms with van der Waals surface area (Å²) in [5.74, 6) is 1.97. The van der Waals surface area contributed by atoms with Crippen molar-refractivity contribution in [3.63, 3.8) is 0 Å². The summed E-state index contributed by atoms with van der Waals surface area (Å²) in [4.78, 5) is 12.5. The third-order valence-corrected chi connectivity index (χ3v) is 9.05. The Hall–Kier alpha value is -3.48. The van der Waals surface area contributed by atoms with Crippen LogP contribution in [0.25, 0.3) is 10.9 Å². The van der Waals surface area contributed by atoms with Crippen LogP contribution in [0, 0.1) is 36.3 Å². The summed E-state index contributed by atoms with van der Waals surface area (Å²) in [6, 6.07) is 11.6. The van der Waals surface area contributed by atoms with E-state index >= 15 is 0 Å². The highest BCUT2D eigenvalue weighted by Crippen LogP contribution is 2.29. The molecule has 2 heterocycles. The normalized spacial score (nSPS) is 12.3. The van der Waals surface area contributed by atoms with Crippen molar-refractivity contribution in [2.45, 2.75) is 17.6 Å². The number of benzene rings is 2. The number of thiophene rings is 1. The van der Waals surface area contributed by atoms with Crippen molar-refractivity contribution in [1.29, 1.82) is 0 Å². The first-order valence-corrected chi connectivity index (χ1v) is 13.1. The highest BCUT2D eigenvalue weighted by Gasteiger charge is 2.29. The van der Waals surface area contributed by atoms with Crippen LogP contribution in [0.2, 0.25) is 0 Å². The van der Waals surface area contributed by atoms with Gasteiger partial charge in [0.2, 0.25) is 0 Å². The molecule has 0 saturated heterocycles. The van der Waals surface area contributed by atoms with Crippen molar-refractivity contribution < 1.29 is 27.1 Å². The lowest BCUT2D eigenvalue weighted by Crippen LogP contribution is -2.25. The molecule has 180 valence electrons. The van der Waals surface area contributed by atoms with Crippen molar-refractivity contribution in [3.05, 3.63) is 87.9 Å². The Labute approximate surface area is 205 Å². The molecule has 0 amide bonds. The zero-order valence-electron chi connectivity index (χ0n) is 18.9. The summed E-state index contributed by atoms with van der Waals surface area (Å²) in [6.07, 6.45) is 1.69. The van der Waals surface area contributed by atoms with Gasteiger partial charge in [-0.1, -0.05) is 11.8 Å². The SMILES string of the molecule is Cc1cc2c(C[C@H](CS(=O)(=O)c3ccc(C#Cc4ccc(F)cc4)s3)C(=O)O)cn(C)c2cc1F. The van der Waals surface area contributed by atoms with Gasteiger partial charge >= 0.3 is 5.97 Å². The van der Waals surface area contributed by atoms with Crippen LogP contribution >= 0.6 is 11.3 Å². The summed E-state index contributed by atoms with van der Waals surface area (Å²) in [5.41, 5.74) is 2.26. The minimum absolute atomic E-state index is 0.0143. The molecule has 0 radical (unpaired) electrons. The molecule has 0 aliphatic heterocycles. The molecular formula is C26H21F2NO4S2. The van der Waals surface area contributed by atoms with Crippen LogP contribution in [0.1, 0.15) is 21.6 Å². The number of aliphatic carboxylic acids is 1. The summed E-state index contributed by atoms with van der Waals surface area (Å²) in [7, 11) is -2.17. The number of hydrogen-bond donors (Lipinski definition) is 1. The van der Waals surface area contributed by atoms with E-state index in [4.69, 9.17) is 0 Å². The first-order valence-electron chi connectivity index (χ1n) is 10.6. The molecule has 4 rings (SSSR count). The maximum absolute atomic E-state index is 14.0. The Morgan fingerprint density at radius 1 is 1.11 bits per heavy atom. The molecule has 0 aliphatic carbocycles. The average molecular weight is 514 g/mol. The lowest BCUT2D eigenvalue weighted by Gasteiger charge is -2.12. The second kappa shape index (κ2) is 9.64. The number of rotatable bonds is 6. The first kappa shape index (κ1) is 24.6. The Morgan fingerprint density at radius 3 is 2.51 bits per heavy atom. The van der Waals surface area contributed by atoms with Gasteiger partial charge in [0.25, 0.3) is 0 Å². The number of hydrogen-bond acceptors (Lipinski definition) is 4. The lowest BCUT2D eigenvalue weighted by atomic mass is 10.00. The number of carboxylic acids is 1. The minimum atomic E-state index is -3.90. The van der Waals surface area contributed by atoms with Crippen molar-refractivity contribution >= 4 is 38.0 Å². The van der Waals surface area contributed by atoms with Crippen LogP contribution in [0.4, 0.5) is 8.78 Å². The second-order valence-electron chi connectivity index (χ2n) is 8.28. The molecule has 0 spiro atoms. The van der Waals surface area contributed by atoms with Gasteiger partial charge in [0.05, 0.1) is 22.1 Å². The summed E-state index contributed by atoms with van der Waals surface area (Å²) < 4.78 is 54.8. The molecule has 5 nitrogen and oxygen atoms in total. The number of halogens is 2. The standard InChI is InChI=1S/C26H21F2NO4S2/c1-16-11-22-18(14-29(2)24(22)13-23(16)28)12-19(26(30)31)15-35(32,33)25-10-9-21(34-25)8-5-17-3-6-20(27)7-4-17/h3-4,6-7,9-11,13-14,19H,12,15H2,1-2H3,(H,30,31)/t19-/m1/s1. The number of nitrogens with zero attached hydrogens (tertiary/aromatic N) is 1. The fraction of sp³-hybridized carbons (Fsp3) is 0.192.